The molecule has 0 saturated heterocycles. The minimum atomic E-state index is -1.20. The van der Waals surface area contributed by atoms with Crippen LogP contribution in [0.2, 0.25) is 0 Å². The Balaban J connectivity index is 1.90. The van der Waals surface area contributed by atoms with Gasteiger partial charge in [0.1, 0.15) is 6.04 Å². The van der Waals surface area contributed by atoms with Gasteiger partial charge in [0, 0.05) is 0 Å². The Bertz CT molecular complexity index is 974. The minimum absolute atomic E-state index is 0.366. The van der Waals surface area contributed by atoms with Gasteiger partial charge in [-0.15, -0.1) is 0 Å². The number of oxazole rings is 1. The van der Waals surface area contributed by atoms with Crippen LogP contribution in [0.4, 0.5) is 0 Å². The van der Waals surface area contributed by atoms with Crippen molar-refractivity contribution in [2.75, 3.05) is 0 Å². The Kier molecular flexibility index (Phi) is 4.38. The zero-order chi connectivity index (χ0) is 18.0. The van der Waals surface area contributed by atoms with E-state index in [1.54, 1.807) is 54.6 Å². The van der Waals surface area contributed by atoms with Crippen molar-refractivity contribution < 1.29 is 19.1 Å². The molecule has 2 aromatic carbocycles. The number of rotatable bonds is 5. The average molecular weight is 340 g/mol. The summed E-state index contributed by atoms with van der Waals surface area (Å²) in [4.78, 5) is 36.1. The quantitative estimate of drug-likeness (QED) is 0.740. The molecule has 1 unspecified atom stereocenters. The summed E-state index contributed by atoms with van der Waals surface area (Å²) >= 11 is 0. The highest BCUT2D eigenvalue weighted by Crippen LogP contribution is 2.19. The number of hydrogen-bond acceptors (Lipinski definition) is 4. The van der Waals surface area contributed by atoms with E-state index >= 15 is 0 Å². The third-order valence-corrected chi connectivity index (χ3v) is 3.95. The van der Waals surface area contributed by atoms with Crippen LogP contribution in [0.15, 0.2) is 63.8 Å². The maximum Gasteiger partial charge on any atom is 0.420 e. The number of fused-ring (bicyclic) bond motifs is 1. The predicted octanol–water partition coefficient (Wildman–Crippen LogP) is 2.10. The molecule has 0 aliphatic carbocycles. The Labute approximate surface area is 142 Å². The molecule has 25 heavy (non-hydrogen) atoms. The molecule has 1 aromatic heterocycles. The summed E-state index contributed by atoms with van der Waals surface area (Å²) in [5, 5.41) is 11.9. The SMILES string of the molecule is CC(C(=O)N[C@@H](C(=O)O)c1ccccc1)n1c(=O)oc2ccccc21. The summed E-state index contributed by atoms with van der Waals surface area (Å²) < 4.78 is 6.32. The first-order chi connectivity index (χ1) is 12.0. The number of hydrogen-bond donors (Lipinski definition) is 2. The number of carboxylic acid groups (broad SMARTS) is 1. The molecule has 0 saturated carbocycles. The largest absolute Gasteiger partial charge is 0.479 e. The van der Waals surface area contributed by atoms with Crippen molar-refractivity contribution in [2.45, 2.75) is 19.0 Å². The van der Waals surface area contributed by atoms with Gasteiger partial charge in [0.05, 0.1) is 5.52 Å². The molecular weight excluding hydrogens is 324 g/mol. The van der Waals surface area contributed by atoms with Crippen molar-refractivity contribution in [3.63, 3.8) is 0 Å². The van der Waals surface area contributed by atoms with Crippen LogP contribution < -0.4 is 11.1 Å². The number of carbonyl (C=O) groups is 2. The number of aliphatic carboxylic acids is 1. The first kappa shape index (κ1) is 16.5. The van der Waals surface area contributed by atoms with Crippen LogP contribution in [0.3, 0.4) is 0 Å². The van der Waals surface area contributed by atoms with E-state index in [-0.39, 0.29) is 0 Å². The number of aromatic nitrogens is 1. The summed E-state index contributed by atoms with van der Waals surface area (Å²) in [6.45, 7) is 1.52. The van der Waals surface area contributed by atoms with Crippen LogP contribution in [0.5, 0.6) is 0 Å². The van der Waals surface area contributed by atoms with Gasteiger partial charge in [-0.1, -0.05) is 42.5 Å². The molecule has 0 spiro atoms. The van der Waals surface area contributed by atoms with Gasteiger partial charge in [0.15, 0.2) is 11.6 Å². The molecule has 0 aliphatic heterocycles. The van der Waals surface area contributed by atoms with Gasteiger partial charge in [-0.05, 0) is 24.6 Å². The van der Waals surface area contributed by atoms with E-state index in [1.165, 1.54) is 11.5 Å². The highest BCUT2D eigenvalue weighted by Gasteiger charge is 2.27. The lowest BCUT2D eigenvalue weighted by Crippen LogP contribution is -2.39. The van der Waals surface area contributed by atoms with E-state index in [1.807, 2.05) is 0 Å². The number of benzene rings is 2. The second-order valence-corrected chi connectivity index (χ2v) is 5.57. The lowest BCUT2D eigenvalue weighted by atomic mass is 10.1. The molecule has 3 aromatic rings. The molecule has 1 amide bonds. The van der Waals surface area contributed by atoms with Crippen LogP contribution >= 0.6 is 0 Å². The number of nitrogens with zero attached hydrogens (tertiary/aromatic N) is 1. The molecular formula is C18H16N2O5. The third kappa shape index (κ3) is 3.16. The maximum atomic E-state index is 12.5. The van der Waals surface area contributed by atoms with Crippen molar-refractivity contribution in [3.8, 4) is 0 Å². The Morgan fingerprint density at radius 3 is 2.40 bits per heavy atom. The predicted molar refractivity (Wildman–Crippen MR) is 90.1 cm³/mol. The second kappa shape index (κ2) is 6.64. The van der Waals surface area contributed by atoms with Crippen molar-refractivity contribution in [3.05, 3.63) is 70.7 Å². The smallest absolute Gasteiger partial charge is 0.420 e. The topological polar surface area (TPSA) is 102 Å². The molecule has 2 N–H and O–H groups in total. The molecule has 0 radical (unpaired) electrons. The second-order valence-electron chi connectivity index (χ2n) is 5.57. The molecule has 0 fully saturated rings. The normalized spacial score (nSPS) is 13.3. The van der Waals surface area contributed by atoms with E-state index in [0.29, 0.717) is 16.7 Å². The van der Waals surface area contributed by atoms with Gasteiger partial charge in [0.25, 0.3) is 0 Å². The van der Waals surface area contributed by atoms with Crippen molar-refractivity contribution in [2.24, 2.45) is 0 Å². The summed E-state index contributed by atoms with van der Waals surface area (Å²) in [5.41, 5.74) is 1.28. The van der Waals surface area contributed by atoms with Gasteiger partial charge in [0.2, 0.25) is 5.91 Å². The average Bonchev–Trinajstić information content (AvgIpc) is 2.95. The number of amides is 1. The van der Waals surface area contributed by atoms with Crippen LogP contribution in [0.25, 0.3) is 11.1 Å². The zero-order valence-electron chi connectivity index (χ0n) is 13.4. The van der Waals surface area contributed by atoms with Gasteiger partial charge in [-0.25, -0.2) is 9.59 Å². The fourth-order valence-corrected chi connectivity index (χ4v) is 2.66. The Morgan fingerprint density at radius 1 is 1.08 bits per heavy atom. The van der Waals surface area contributed by atoms with Gasteiger partial charge >= 0.3 is 11.7 Å². The van der Waals surface area contributed by atoms with Crippen LogP contribution in [0, 0.1) is 0 Å². The highest BCUT2D eigenvalue weighted by atomic mass is 16.4. The van der Waals surface area contributed by atoms with Gasteiger partial charge in [-0.3, -0.25) is 9.36 Å². The summed E-state index contributed by atoms with van der Waals surface area (Å²) in [6, 6.07) is 13.0. The fourth-order valence-electron chi connectivity index (χ4n) is 2.66. The van der Waals surface area contributed by atoms with Gasteiger partial charge in [-0.2, -0.15) is 0 Å². The molecule has 0 bridgehead atoms. The first-order valence-corrected chi connectivity index (χ1v) is 7.67. The fraction of sp³-hybridized carbons (Fsp3) is 0.167. The van der Waals surface area contributed by atoms with Crippen LogP contribution in [-0.2, 0) is 9.59 Å². The molecule has 1 heterocycles. The Hall–Kier alpha value is -3.35. The summed E-state index contributed by atoms with van der Waals surface area (Å²) in [5.74, 6) is -2.45. The third-order valence-electron chi connectivity index (χ3n) is 3.95. The highest BCUT2D eigenvalue weighted by molar-refractivity contribution is 5.87. The van der Waals surface area contributed by atoms with Crippen LogP contribution in [0.1, 0.15) is 24.6 Å². The first-order valence-electron chi connectivity index (χ1n) is 7.67. The molecule has 2 atom stereocenters. The molecule has 0 aliphatic rings. The standard InChI is InChI=1S/C18H16N2O5/c1-11(20-13-9-5-6-10-14(13)25-18(20)24)16(21)19-15(17(22)23)12-7-3-2-4-8-12/h2-11,15H,1H3,(H,19,21)(H,22,23)/t11?,15-/m1/s1. The minimum Gasteiger partial charge on any atom is -0.479 e. The van der Waals surface area contributed by atoms with E-state index in [9.17, 15) is 19.5 Å². The summed E-state index contributed by atoms with van der Waals surface area (Å²) in [7, 11) is 0. The van der Waals surface area contributed by atoms with E-state index < -0.39 is 29.7 Å². The lowest BCUT2D eigenvalue weighted by Gasteiger charge is -2.18. The Morgan fingerprint density at radius 2 is 1.72 bits per heavy atom. The van der Waals surface area contributed by atoms with Crippen molar-refractivity contribution in [1.82, 2.24) is 9.88 Å². The molecule has 7 nitrogen and oxygen atoms in total. The monoisotopic (exact) mass is 340 g/mol. The zero-order valence-corrected chi connectivity index (χ0v) is 13.4. The lowest BCUT2D eigenvalue weighted by molar-refractivity contribution is -0.142. The van der Waals surface area contributed by atoms with Gasteiger partial charge < -0.3 is 14.8 Å². The van der Waals surface area contributed by atoms with Crippen molar-refractivity contribution in [1.29, 1.82) is 0 Å². The van der Waals surface area contributed by atoms with E-state index in [0.717, 1.165) is 0 Å². The number of carbonyl (C=O) groups excluding carboxylic acids is 1. The number of nitrogens with one attached hydrogen (secondary N) is 1. The number of para-hydroxylation sites is 2. The number of carboxylic acids is 1. The molecule has 7 heteroatoms. The maximum absolute atomic E-state index is 12.5. The van der Waals surface area contributed by atoms with Crippen molar-refractivity contribution >= 4 is 23.0 Å². The summed E-state index contributed by atoms with van der Waals surface area (Å²) in [6.07, 6.45) is 0. The van der Waals surface area contributed by atoms with E-state index in [2.05, 4.69) is 5.32 Å². The van der Waals surface area contributed by atoms with Crippen LogP contribution in [-0.4, -0.2) is 21.6 Å². The molecule has 128 valence electrons. The van der Waals surface area contributed by atoms with E-state index in [4.69, 9.17) is 4.42 Å². The molecule has 3 rings (SSSR count).